The SMILES string of the molecule is CCOC(=O)C1[C@H]2CN([C@H]3CCc4cc(-c5cccc(-c6cccc(Nc7nc(C(F)F)nc8c7c(=O)n(C)c(=O)n8C)c6Cl)c5Cl)nc(OC)c43)C[C@@H]12. The molecule has 0 amide bonds. The van der Waals surface area contributed by atoms with Gasteiger partial charge in [-0.05, 0) is 49.3 Å². The smallest absolute Gasteiger partial charge is 0.332 e. The number of fused-ring (bicyclic) bond motifs is 3. The predicted octanol–water partition coefficient (Wildman–Crippen LogP) is 6.48. The van der Waals surface area contributed by atoms with Crippen molar-refractivity contribution < 1.29 is 23.0 Å². The van der Waals surface area contributed by atoms with E-state index in [0.717, 1.165) is 46.2 Å². The second-order valence-electron chi connectivity index (χ2n) is 13.8. The molecule has 1 unspecified atom stereocenters. The van der Waals surface area contributed by atoms with E-state index in [-0.39, 0.29) is 45.5 Å². The van der Waals surface area contributed by atoms with Crippen LogP contribution in [0.2, 0.25) is 10.0 Å². The van der Waals surface area contributed by atoms with Gasteiger partial charge in [0.1, 0.15) is 11.2 Å². The molecule has 0 radical (unpaired) electrons. The van der Waals surface area contributed by atoms with Crippen molar-refractivity contribution in [2.75, 3.05) is 32.1 Å². The molecule has 280 valence electrons. The van der Waals surface area contributed by atoms with E-state index in [1.165, 1.54) is 14.1 Å². The van der Waals surface area contributed by atoms with Gasteiger partial charge in [0.05, 0.1) is 41.1 Å². The van der Waals surface area contributed by atoms with Crippen molar-refractivity contribution in [3.8, 4) is 28.3 Å². The number of nitrogens with one attached hydrogen (secondary N) is 1. The third kappa shape index (κ3) is 5.82. The molecule has 1 aliphatic heterocycles. The Morgan fingerprint density at radius 2 is 1.67 bits per heavy atom. The third-order valence-electron chi connectivity index (χ3n) is 10.9. The number of halogens is 4. The first-order valence-corrected chi connectivity index (χ1v) is 18.3. The Labute approximate surface area is 317 Å². The lowest BCUT2D eigenvalue weighted by molar-refractivity contribution is -0.145. The van der Waals surface area contributed by atoms with Crippen molar-refractivity contribution in [2.24, 2.45) is 31.8 Å². The molecule has 4 atom stereocenters. The molecule has 1 saturated heterocycles. The van der Waals surface area contributed by atoms with Crippen LogP contribution in [0, 0.1) is 17.8 Å². The average Bonchev–Trinajstić information content (AvgIpc) is 3.42. The minimum absolute atomic E-state index is 0.000000989. The number of piperidine rings is 1. The van der Waals surface area contributed by atoms with Crippen molar-refractivity contribution in [3.63, 3.8) is 0 Å². The van der Waals surface area contributed by atoms with Crippen molar-refractivity contribution in [1.82, 2.24) is 29.0 Å². The lowest BCUT2D eigenvalue weighted by atomic mass is 9.99. The summed E-state index contributed by atoms with van der Waals surface area (Å²) in [5.41, 5.74) is 3.08. The van der Waals surface area contributed by atoms with Crippen LogP contribution in [0.5, 0.6) is 5.88 Å². The summed E-state index contributed by atoms with van der Waals surface area (Å²) >= 11 is 14.1. The number of pyridine rings is 1. The highest BCUT2D eigenvalue weighted by Gasteiger charge is 2.61. The normalized spacial score (nSPS) is 20.3. The molecule has 2 aliphatic carbocycles. The van der Waals surface area contributed by atoms with Gasteiger partial charge in [-0.15, -0.1) is 0 Å². The van der Waals surface area contributed by atoms with Crippen LogP contribution >= 0.6 is 23.2 Å². The molecule has 0 bridgehead atoms. The Morgan fingerprint density at radius 3 is 2.35 bits per heavy atom. The second kappa shape index (κ2) is 13.7. The van der Waals surface area contributed by atoms with Gasteiger partial charge in [0.2, 0.25) is 5.88 Å². The van der Waals surface area contributed by atoms with E-state index in [4.69, 9.17) is 37.7 Å². The summed E-state index contributed by atoms with van der Waals surface area (Å²) in [6.45, 7) is 3.90. The van der Waals surface area contributed by atoms with E-state index in [2.05, 4.69) is 26.3 Å². The number of nitrogens with zero attached hydrogens (tertiary/aromatic N) is 6. The van der Waals surface area contributed by atoms with Gasteiger partial charge in [0.25, 0.3) is 12.0 Å². The quantitative estimate of drug-likeness (QED) is 0.166. The van der Waals surface area contributed by atoms with Gasteiger partial charge in [0.15, 0.2) is 11.5 Å². The predicted molar refractivity (Wildman–Crippen MR) is 200 cm³/mol. The van der Waals surface area contributed by atoms with Crippen LogP contribution in [-0.4, -0.2) is 61.8 Å². The molecular formula is C38H35Cl2F2N7O5. The first kappa shape index (κ1) is 36.1. The number of likely N-dealkylation sites (tertiary alicyclic amines) is 1. The van der Waals surface area contributed by atoms with Gasteiger partial charge in [-0.25, -0.2) is 28.5 Å². The highest BCUT2D eigenvalue weighted by molar-refractivity contribution is 6.39. The molecule has 1 saturated carbocycles. The van der Waals surface area contributed by atoms with Crippen LogP contribution in [0.4, 0.5) is 20.3 Å². The van der Waals surface area contributed by atoms with Crippen LogP contribution < -0.4 is 21.3 Å². The van der Waals surface area contributed by atoms with Crippen LogP contribution in [0.25, 0.3) is 33.4 Å². The maximum absolute atomic E-state index is 13.9. The molecule has 3 aromatic heterocycles. The van der Waals surface area contributed by atoms with E-state index in [9.17, 15) is 23.2 Å². The molecule has 2 aromatic carbocycles. The van der Waals surface area contributed by atoms with Crippen LogP contribution in [0.15, 0.2) is 52.1 Å². The van der Waals surface area contributed by atoms with Crippen molar-refractivity contribution in [3.05, 3.63) is 90.3 Å². The highest BCUT2D eigenvalue weighted by atomic mass is 35.5. The summed E-state index contributed by atoms with van der Waals surface area (Å²) in [5, 5.41) is 3.34. The largest absolute Gasteiger partial charge is 0.481 e. The minimum atomic E-state index is -3.08. The van der Waals surface area contributed by atoms with Crippen LogP contribution in [0.3, 0.4) is 0 Å². The van der Waals surface area contributed by atoms with E-state index < -0.39 is 23.5 Å². The molecule has 0 spiro atoms. The van der Waals surface area contributed by atoms with Gasteiger partial charge in [0, 0.05) is 55.5 Å². The Morgan fingerprint density at radius 1 is 0.981 bits per heavy atom. The van der Waals surface area contributed by atoms with Crippen molar-refractivity contribution in [1.29, 1.82) is 0 Å². The average molecular weight is 779 g/mol. The number of hydrogen-bond donors (Lipinski definition) is 1. The number of esters is 1. The molecule has 16 heteroatoms. The molecule has 3 aliphatic rings. The Kier molecular flexibility index (Phi) is 9.18. The minimum Gasteiger partial charge on any atom is -0.481 e. The van der Waals surface area contributed by atoms with Crippen molar-refractivity contribution >= 4 is 51.7 Å². The lowest BCUT2D eigenvalue weighted by Crippen LogP contribution is -2.38. The number of alkyl halides is 2. The fourth-order valence-electron chi connectivity index (χ4n) is 8.21. The van der Waals surface area contributed by atoms with Gasteiger partial charge in [-0.2, -0.15) is 0 Å². The summed E-state index contributed by atoms with van der Waals surface area (Å²) in [7, 11) is 4.22. The zero-order valence-electron chi connectivity index (χ0n) is 29.7. The second-order valence-corrected chi connectivity index (χ2v) is 14.6. The third-order valence-corrected chi connectivity index (χ3v) is 11.7. The first-order valence-electron chi connectivity index (χ1n) is 17.5. The molecular weight excluding hydrogens is 743 g/mol. The van der Waals surface area contributed by atoms with Gasteiger partial charge in [-0.3, -0.25) is 23.6 Å². The van der Waals surface area contributed by atoms with E-state index in [1.807, 2.05) is 19.1 Å². The van der Waals surface area contributed by atoms with E-state index in [1.54, 1.807) is 31.4 Å². The molecule has 12 nitrogen and oxygen atoms in total. The van der Waals surface area contributed by atoms with Crippen LogP contribution in [0.1, 0.15) is 42.8 Å². The maximum Gasteiger partial charge on any atom is 0.332 e. The van der Waals surface area contributed by atoms with Gasteiger partial charge in [-0.1, -0.05) is 53.5 Å². The summed E-state index contributed by atoms with van der Waals surface area (Å²) in [5.74, 6) is -0.00218. The standard InChI is InChI=1S/C38H35Cl2F2N7O5/c1-5-54-37(51)27-21-15-49(16-22(21)27)25-13-12-17-14-24(44-35(53-4)26(17)25)20-10-6-8-18(29(20)39)19-9-7-11-23(30(19)40)43-32-28-34(46-33(45-32)31(41)42)47(2)38(52)48(3)36(28)50/h6-11,14,21-22,25,27,31H,5,12-13,15-16H2,1-4H3,(H,43,45,46)/t21-,22+,25-,27?/m0/s1. The molecule has 1 N–H and O–H groups in total. The lowest BCUT2D eigenvalue weighted by Gasteiger charge is -2.28. The zero-order chi connectivity index (χ0) is 38.2. The highest BCUT2D eigenvalue weighted by Crippen LogP contribution is 2.56. The number of rotatable bonds is 9. The van der Waals surface area contributed by atoms with Crippen molar-refractivity contribution in [2.45, 2.75) is 32.2 Å². The molecule has 5 aromatic rings. The number of carbonyl (C=O) groups is 1. The number of aromatic nitrogens is 5. The Balaban J connectivity index is 1.12. The number of hydrogen-bond acceptors (Lipinski definition) is 10. The zero-order valence-corrected chi connectivity index (χ0v) is 31.2. The van der Waals surface area contributed by atoms with E-state index >= 15 is 0 Å². The van der Waals surface area contributed by atoms with Gasteiger partial charge >= 0.3 is 11.7 Å². The molecule has 2 fully saturated rings. The first-order chi connectivity index (χ1) is 25.9. The molecule has 54 heavy (non-hydrogen) atoms. The fourth-order valence-corrected chi connectivity index (χ4v) is 8.81. The summed E-state index contributed by atoms with van der Waals surface area (Å²) < 4.78 is 40.8. The number of methoxy groups -OCH3 is 1. The topological polar surface area (TPSA) is 133 Å². The number of aryl methyl sites for hydroxylation is 2. The Bertz CT molecular complexity index is 2480. The monoisotopic (exact) mass is 777 g/mol. The number of benzene rings is 2. The Hall–Kier alpha value is -4.92. The summed E-state index contributed by atoms with van der Waals surface area (Å²) in [6, 6.07) is 12.8. The maximum atomic E-state index is 13.9. The molecule has 8 rings (SSSR count). The summed E-state index contributed by atoms with van der Waals surface area (Å²) in [6.07, 6.45) is -1.34. The molecule has 4 heterocycles. The number of anilines is 2. The number of carbonyl (C=O) groups excluding carboxylic acids is 1. The van der Waals surface area contributed by atoms with E-state index in [0.29, 0.717) is 51.7 Å². The fraction of sp³-hybridized carbons (Fsp3) is 0.368. The van der Waals surface area contributed by atoms with Crippen LogP contribution in [-0.2, 0) is 30.0 Å². The summed E-state index contributed by atoms with van der Waals surface area (Å²) in [4.78, 5) is 53.3. The number of ether oxygens (including phenoxy) is 2. The van der Waals surface area contributed by atoms with Gasteiger partial charge < -0.3 is 14.8 Å².